The van der Waals surface area contributed by atoms with Gasteiger partial charge < -0.3 is 14.2 Å². The molecule has 1 fully saturated rings. The van der Waals surface area contributed by atoms with Gasteiger partial charge in [-0.3, -0.25) is 0 Å². The number of nitrogens with zero attached hydrogens (tertiary/aromatic N) is 1. The Morgan fingerprint density at radius 1 is 1.62 bits per heavy atom. The molecule has 88 valence electrons. The van der Waals surface area contributed by atoms with Crippen LogP contribution in [0.2, 0.25) is 4.47 Å². The standard InChI is InChI=1S/C9H10ClNO4S/c1-2-13-7(12)6-5(11-9(10)16-6)8-14-3-4-15-8/h8H,2-4H2,1H3. The van der Waals surface area contributed by atoms with Crippen LogP contribution in [0.5, 0.6) is 0 Å². The van der Waals surface area contributed by atoms with Crippen LogP contribution in [0.25, 0.3) is 0 Å². The normalized spacial score (nSPS) is 16.6. The van der Waals surface area contributed by atoms with E-state index in [0.717, 1.165) is 11.3 Å². The van der Waals surface area contributed by atoms with Gasteiger partial charge in [0.1, 0.15) is 10.6 Å². The van der Waals surface area contributed by atoms with E-state index in [4.69, 9.17) is 25.8 Å². The second-order valence-corrected chi connectivity index (χ2v) is 4.56. The van der Waals surface area contributed by atoms with Gasteiger partial charge in [-0.15, -0.1) is 0 Å². The van der Waals surface area contributed by atoms with Crippen molar-refractivity contribution in [3.63, 3.8) is 0 Å². The third-order valence-corrected chi connectivity index (χ3v) is 3.09. The molecule has 0 amide bonds. The Bertz CT molecular complexity index is 389. The van der Waals surface area contributed by atoms with E-state index in [-0.39, 0.29) is 4.47 Å². The Kier molecular flexibility index (Phi) is 3.75. The van der Waals surface area contributed by atoms with Crippen LogP contribution in [0.1, 0.15) is 28.6 Å². The highest BCUT2D eigenvalue weighted by Crippen LogP contribution is 2.32. The van der Waals surface area contributed by atoms with E-state index in [9.17, 15) is 4.79 Å². The maximum Gasteiger partial charge on any atom is 0.350 e. The summed E-state index contributed by atoms with van der Waals surface area (Å²) in [6.07, 6.45) is -0.608. The van der Waals surface area contributed by atoms with Crippen molar-refractivity contribution in [2.45, 2.75) is 13.2 Å². The van der Waals surface area contributed by atoms with Gasteiger partial charge in [-0.1, -0.05) is 22.9 Å². The number of rotatable bonds is 3. The summed E-state index contributed by atoms with van der Waals surface area (Å²) in [6.45, 7) is 3.02. The molecule has 16 heavy (non-hydrogen) atoms. The third-order valence-electron chi connectivity index (χ3n) is 1.93. The molecule has 7 heteroatoms. The van der Waals surface area contributed by atoms with Crippen molar-refractivity contribution in [3.05, 3.63) is 15.0 Å². The minimum atomic E-state index is -0.608. The summed E-state index contributed by atoms with van der Waals surface area (Å²) in [4.78, 5) is 16.0. The summed E-state index contributed by atoms with van der Waals surface area (Å²) < 4.78 is 15.7. The minimum absolute atomic E-state index is 0.275. The van der Waals surface area contributed by atoms with E-state index in [1.165, 1.54) is 0 Å². The maximum absolute atomic E-state index is 11.6. The summed E-state index contributed by atoms with van der Waals surface area (Å²) in [5.41, 5.74) is 0.408. The molecule has 0 unspecified atom stereocenters. The lowest BCUT2D eigenvalue weighted by atomic mass is 10.3. The fourth-order valence-corrected chi connectivity index (χ4v) is 2.35. The maximum atomic E-state index is 11.6. The van der Waals surface area contributed by atoms with E-state index in [1.54, 1.807) is 6.92 Å². The van der Waals surface area contributed by atoms with Crippen LogP contribution in [0.4, 0.5) is 0 Å². The Morgan fingerprint density at radius 2 is 2.31 bits per heavy atom. The first-order valence-electron chi connectivity index (χ1n) is 4.79. The lowest BCUT2D eigenvalue weighted by molar-refractivity contribution is -0.0476. The monoisotopic (exact) mass is 263 g/mol. The number of ether oxygens (including phenoxy) is 3. The number of carbonyl (C=O) groups excluding carboxylic acids is 1. The molecule has 0 bridgehead atoms. The second-order valence-electron chi connectivity index (χ2n) is 2.98. The number of hydrogen-bond acceptors (Lipinski definition) is 6. The van der Waals surface area contributed by atoms with Crippen LogP contribution in [-0.4, -0.2) is 30.8 Å². The fraction of sp³-hybridized carbons (Fsp3) is 0.556. The molecule has 2 heterocycles. The number of hydrogen-bond donors (Lipinski definition) is 0. The van der Waals surface area contributed by atoms with Gasteiger partial charge in [0.05, 0.1) is 19.8 Å². The van der Waals surface area contributed by atoms with Crippen molar-refractivity contribution in [1.29, 1.82) is 0 Å². The van der Waals surface area contributed by atoms with E-state index in [0.29, 0.717) is 30.4 Å². The average molecular weight is 264 g/mol. The van der Waals surface area contributed by atoms with Crippen LogP contribution in [0.3, 0.4) is 0 Å². The number of thiazole rings is 1. The lowest BCUT2D eigenvalue weighted by Crippen LogP contribution is -2.09. The summed E-state index contributed by atoms with van der Waals surface area (Å²) in [7, 11) is 0. The van der Waals surface area contributed by atoms with E-state index in [2.05, 4.69) is 4.98 Å². The summed E-state index contributed by atoms with van der Waals surface area (Å²) in [6, 6.07) is 0. The van der Waals surface area contributed by atoms with E-state index >= 15 is 0 Å². The van der Waals surface area contributed by atoms with Crippen molar-refractivity contribution in [1.82, 2.24) is 4.98 Å². The van der Waals surface area contributed by atoms with Gasteiger partial charge in [0.25, 0.3) is 0 Å². The van der Waals surface area contributed by atoms with Gasteiger partial charge in [-0.2, -0.15) is 0 Å². The molecule has 1 aliphatic rings. The van der Waals surface area contributed by atoms with Gasteiger partial charge in [0.15, 0.2) is 4.47 Å². The molecule has 0 spiro atoms. The molecule has 0 radical (unpaired) electrons. The van der Waals surface area contributed by atoms with Gasteiger partial charge >= 0.3 is 5.97 Å². The van der Waals surface area contributed by atoms with E-state index < -0.39 is 12.3 Å². The number of aromatic nitrogens is 1. The molecule has 2 rings (SSSR count). The minimum Gasteiger partial charge on any atom is -0.462 e. The molecule has 1 aromatic heterocycles. The van der Waals surface area contributed by atoms with Gasteiger partial charge in [0, 0.05) is 0 Å². The van der Waals surface area contributed by atoms with Crippen LogP contribution in [-0.2, 0) is 14.2 Å². The summed E-state index contributed by atoms with van der Waals surface area (Å²) in [5.74, 6) is -0.444. The number of carbonyl (C=O) groups is 1. The molecule has 0 aliphatic carbocycles. The molecule has 0 atom stereocenters. The highest BCUT2D eigenvalue weighted by atomic mass is 35.5. The molecular weight excluding hydrogens is 254 g/mol. The first kappa shape index (κ1) is 11.8. The van der Waals surface area contributed by atoms with Crippen LogP contribution >= 0.6 is 22.9 Å². The smallest absolute Gasteiger partial charge is 0.350 e. The Labute approximate surface area is 101 Å². The largest absolute Gasteiger partial charge is 0.462 e. The average Bonchev–Trinajstić information content (AvgIpc) is 2.85. The van der Waals surface area contributed by atoms with Gasteiger partial charge in [-0.25, -0.2) is 9.78 Å². The second kappa shape index (κ2) is 5.09. The topological polar surface area (TPSA) is 57.7 Å². The highest BCUT2D eigenvalue weighted by Gasteiger charge is 2.29. The molecule has 1 aromatic rings. The zero-order valence-electron chi connectivity index (χ0n) is 8.57. The van der Waals surface area contributed by atoms with Gasteiger partial charge in [-0.05, 0) is 6.92 Å². The van der Waals surface area contributed by atoms with Gasteiger partial charge in [0.2, 0.25) is 6.29 Å². The van der Waals surface area contributed by atoms with E-state index in [1.807, 2.05) is 0 Å². The van der Waals surface area contributed by atoms with Crippen LogP contribution in [0, 0.1) is 0 Å². The van der Waals surface area contributed by atoms with Crippen LogP contribution in [0.15, 0.2) is 0 Å². The molecular formula is C9H10ClNO4S. The van der Waals surface area contributed by atoms with Crippen molar-refractivity contribution < 1.29 is 19.0 Å². The van der Waals surface area contributed by atoms with Crippen molar-refractivity contribution >= 4 is 28.9 Å². The predicted octanol–water partition coefficient (Wildman–Crippen LogP) is 2.02. The summed E-state index contributed by atoms with van der Waals surface area (Å²) >= 11 is 6.85. The quantitative estimate of drug-likeness (QED) is 0.781. The Balaban J connectivity index is 2.25. The van der Waals surface area contributed by atoms with Crippen LogP contribution < -0.4 is 0 Å². The zero-order chi connectivity index (χ0) is 11.5. The number of esters is 1. The predicted molar refractivity (Wildman–Crippen MR) is 57.7 cm³/mol. The molecule has 0 saturated carbocycles. The third kappa shape index (κ3) is 2.35. The molecule has 1 aliphatic heterocycles. The van der Waals surface area contributed by atoms with Crippen molar-refractivity contribution in [2.24, 2.45) is 0 Å². The molecule has 1 saturated heterocycles. The highest BCUT2D eigenvalue weighted by molar-refractivity contribution is 7.17. The first-order valence-corrected chi connectivity index (χ1v) is 5.98. The lowest BCUT2D eigenvalue weighted by Gasteiger charge is -2.07. The molecule has 0 N–H and O–H groups in total. The SMILES string of the molecule is CCOC(=O)c1sc(Cl)nc1C1OCCO1. The first-order chi connectivity index (χ1) is 7.72. The number of halogens is 1. The zero-order valence-corrected chi connectivity index (χ0v) is 10.1. The Hall–Kier alpha value is -0.690. The fourth-order valence-electron chi connectivity index (χ4n) is 1.32. The summed E-state index contributed by atoms with van der Waals surface area (Å²) in [5, 5.41) is 0. The molecule has 5 nitrogen and oxygen atoms in total. The van der Waals surface area contributed by atoms with Crippen molar-refractivity contribution in [2.75, 3.05) is 19.8 Å². The van der Waals surface area contributed by atoms with Crippen molar-refractivity contribution in [3.8, 4) is 0 Å². The molecule has 0 aromatic carbocycles. The Morgan fingerprint density at radius 3 is 2.94 bits per heavy atom.